The lowest BCUT2D eigenvalue weighted by Gasteiger charge is -2.60. The first-order valence-corrected chi connectivity index (χ1v) is 26.3. The normalized spacial score (nSPS) is 39.1. The van der Waals surface area contributed by atoms with Gasteiger partial charge < -0.3 is 38.6 Å². The van der Waals surface area contributed by atoms with Crippen molar-refractivity contribution in [3.63, 3.8) is 0 Å². The number of hydrogen-bond donors (Lipinski definition) is 2. The van der Waals surface area contributed by atoms with Crippen molar-refractivity contribution in [3.05, 3.63) is 23.3 Å². The number of ketones is 2. The van der Waals surface area contributed by atoms with Crippen molar-refractivity contribution < 1.29 is 67.4 Å². The topological polar surface area (TPSA) is 198 Å². The van der Waals surface area contributed by atoms with E-state index in [-0.39, 0.29) is 118 Å². The number of ether oxygens (including phenoxy) is 6. The van der Waals surface area contributed by atoms with Gasteiger partial charge in [-0.15, -0.1) is 0 Å². The second-order valence-electron chi connectivity index (χ2n) is 25.2. The van der Waals surface area contributed by atoms with Gasteiger partial charge in [0.1, 0.15) is 24.4 Å². The maximum absolute atomic E-state index is 13.5. The molecule has 0 aromatic rings. The molecule has 6 fully saturated rings. The van der Waals surface area contributed by atoms with Crippen LogP contribution in [-0.2, 0) is 57.2 Å². The Labute approximate surface area is 449 Å². The summed E-state index contributed by atoms with van der Waals surface area (Å²) < 4.78 is 33.8. The van der Waals surface area contributed by atoms with Crippen molar-refractivity contribution in [2.24, 2.45) is 57.2 Å². The zero-order valence-electron chi connectivity index (χ0n) is 45.3. The summed E-state index contributed by atoms with van der Waals surface area (Å²) >= 11 is 0. The third kappa shape index (κ3) is 11.2. The van der Waals surface area contributed by atoms with Crippen LogP contribution in [0.1, 0.15) is 179 Å². The predicted octanol–water partition coefficient (Wildman–Crippen LogP) is 9.16. The molecule has 0 aromatic heterocycles. The summed E-state index contributed by atoms with van der Waals surface area (Å²) in [5.41, 5.74) is -2.62. The van der Waals surface area contributed by atoms with Gasteiger partial charge in [0.05, 0.1) is 25.0 Å². The van der Waals surface area contributed by atoms with E-state index >= 15 is 0 Å². The van der Waals surface area contributed by atoms with Gasteiger partial charge in [0, 0.05) is 37.9 Å². The number of carbonyl (C=O) groups is 6. The molecule has 14 nitrogen and oxygen atoms in total. The zero-order valence-corrected chi connectivity index (χ0v) is 47.3. The second-order valence-corrected chi connectivity index (χ2v) is 25.2. The van der Waals surface area contributed by atoms with Gasteiger partial charge in [-0.2, -0.15) is 27.0 Å². The molecule has 0 heterocycles. The minimum Gasteiger partial charge on any atom is -0.463 e. The fraction of sp³-hybridized carbons (Fsp3) is 0.825. The molecular formula is C57H92O14S2. The lowest BCUT2D eigenvalue weighted by Crippen LogP contribution is -2.62. The van der Waals surface area contributed by atoms with E-state index in [2.05, 4.69) is 27.7 Å². The van der Waals surface area contributed by atoms with Crippen LogP contribution in [0.25, 0.3) is 0 Å². The van der Waals surface area contributed by atoms with Gasteiger partial charge >= 0.3 is 23.9 Å². The third-order valence-corrected chi connectivity index (χ3v) is 19.3. The first kappa shape index (κ1) is 62.8. The molecule has 6 saturated carbocycles. The molecule has 73 heavy (non-hydrogen) atoms. The SMILES string of the molecule is C.CO[C@@]1(C(=O)OCCC(=O)OC(C)(C)C)CCC2C3CCC4=CC(=O)CCC4(C)C3C(O)CC21C.CO[C@@]1(C(=O)OCCC(=O)OC(C)(C)C)CCC2C3CCC4=CC(=O)CCC4(C)C3C(O)CC21C.S.S. The van der Waals surface area contributed by atoms with Crippen LogP contribution < -0.4 is 0 Å². The molecule has 0 spiro atoms. The number of aliphatic hydroxyl groups is 2. The second kappa shape index (κ2) is 22.7. The highest BCUT2D eigenvalue weighted by Gasteiger charge is 2.72. The molecule has 0 amide bonds. The minimum atomic E-state index is -1.16. The molecule has 8 aliphatic rings. The van der Waals surface area contributed by atoms with Gasteiger partial charge in [0.25, 0.3) is 0 Å². The summed E-state index contributed by atoms with van der Waals surface area (Å²) in [5, 5.41) is 23.1. The van der Waals surface area contributed by atoms with Crippen molar-refractivity contribution in [2.45, 2.75) is 214 Å². The summed E-state index contributed by atoms with van der Waals surface area (Å²) in [6.07, 6.45) is 12.2. The quantitative estimate of drug-likeness (QED) is 0.155. The van der Waals surface area contributed by atoms with Crippen molar-refractivity contribution >= 4 is 62.4 Å². The molecule has 14 atom stereocenters. The Morgan fingerprint density at radius 3 is 1.23 bits per heavy atom. The average Bonchev–Trinajstić information content (AvgIpc) is 3.73. The minimum absolute atomic E-state index is 0. The first-order chi connectivity index (χ1) is 32.5. The zero-order chi connectivity index (χ0) is 51.6. The Kier molecular flexibility index (Phi) is 19.5. The Hall–Kier alpha value is -2.76. The molecule has 8 rings (SSSR count). The maximum atomic E-state index is 13.5. The summed E-state index contributed by atoms with van der Waals surface area (Å²) in [6.45, 7) is 19.3. The van der Waals surface area contributed by atoms with E-state index in [1.165, 1.54) is 11.1 Å². The van der Waals surface area contributed by atoms with Crippen LogP contribution in [0.3, 0.4) is 0 Å². The lowest BCUT2D eigenvalue weighted by atomic mass is 9.45. The number of rotatable bonds is 10. The molecule has 2 N–H and O–H groups in total. The Bertz CT molecular complexity index is 2000. The van der Waals surface area contributed by atoms with Gasteiger partial charge in [-0.3, -0.25) is 19.2 Å². The molecule has 0 saturated heterocycles. The number of methoxy groups -OCH3 is 2. The highest BCUT2D eigenvalue weighted by atomic mass is 32.1. The fourth-order valence-electron chi connectivity index (χ4n) is 16.3. The van der Waals surface area contributed by atoms with Gasteiger partial charge in [0.2, 0.25) is 0 Å². The molecule has 0 radical (unpaired) electrons. The Morgan fingerprint density at radius 2 is 0.918 bits per heavy atom. The van der Waals surface area contributed by atoms with E-state index in [4.69, 9.17) is 28.4 Å². The van der Waals surface area contributed by atoms with E-state index in [0.717, 1.165) is 51.4 Å². The van der Waals surface area contributed by atoms with Gasteiger partial charge in [-0.05, 0) is 177 Å². The van der Waals surface area contributed by atoms with E-state index in [9.17, 15) is 39.0 Å². The summed E-state index contributed by atoms with van der Waals surface area (Å²) in [6, 6.07) is 0. The van der Waals surface area contributed by atoms with E-state index < -0.39 is 69.3 Å². The molecule has 12 unspecified atom stereocenters. The van der Waals surface area contributed by atoms with Crippen LogP contribution in [0.15, 0.2) is 23.3 Å². The van der Waals surface area contributed by atoms with Crippen molar-refractivity contribution in [1.29, 1.82) is 0 Å². The lowest BCUT2D eigenvalue weighted by molar-refractivity contribution is -0.207. The number of allylic oxidation sites excluding steroid dienone is 2. The van der Waals surface area contributed by atoms with Gasteiger partial charge in [-0.25, -0.2) is 9.59 Å². The third-order valence-electron chi connectivity index (χ3n) is 19.3. The summed E-state index contributed by atoms with van der Waals surface area (Å²) in [4.78, 5) is 75.3. The number of esters is 4. The molecule has 416 valence electrons. The highest BCUT2D eigenvalue weighted by Crippen LogP contribution is 2.70. The van der Waals surface area contributed by atoms with Crippen LogP contribution in [0, 0.1) is 57.2 Å². The number of hydrogen-bond acceptors (Lipinski definition) is 14. The number of aliphatic hydroxyl groups excluding tert-OH is 2. The Balaban J connectivity index is 0.000000304. The van der Waals surface area contributed by atoms with E-state index in [0.29, 0.717) is 38.5 Å². The van der Waals surface area contributed by atoms with Gasteiger partial charge in [-0.1, -0.05) is 46.3 Å². The fourth-order valence-corrected chi connectivity index (χ4v) is 16.3. The summed E-state index contributed by atoms with van der Waals surface area (Å²) in [7, 11) is 3.11. The van der Waals surface area contributed by atoms with Crippen LogP contribution in [-0.4, -0.2) is 108 Å². The van der Waals surface area contributed by atoms with Crippen LogP contribution >= 0.6 is 27.0 Å². The monoisotopic (exact) mass is 1060 g/mol. The Morgan fingerprint density at radius 1 is 0.575 bits per heavy atom. The largest absolute Gasteiger partial charge is 0.463 e. The van der Waals surface area contributed by atoms with E-state index in [1.807, 2.05) is 12.2 Å². The number of carbonyl (C=O) groups excluding carboxylic acids is 6. The molecule has 0 aromatic carbocycles. The van der Waals surface area contributed by atoms with Crippen LogP contribution in [0.2, 0.25) is 0 Å². The summed E-state index contributed by atoms with van der Waals surface area (Å²) in [5.74, 6) is -0.253. The standard InChI is InChI=1S/2C28H42O7.CH4.2H2S/c2*1-25(2,3)35-22(31)11-14-34-24(32)28(33-6)13-10-20-19-8-7-17-15-18(29)9-12-26(17,4)23(19)21(30)16-27(20,28)5;;;/h2*15,19-21,23,30H,7-14,16H2,1-6H3;1H4;2*1H2/t2*19?,20?,21?,23?,26?,27?,28-;;;/m11.../s1. The van der Waals surface area contributed by atoms with Gasteiger partial charge in [0.15, 0.2) is 22.8 Å². The molecule has 0 bridgehead atoms. The predicted molar refractivity (Wildman–Crippen MR) is 286 cm³/mol. The highest BCUT2D eigenvalue weighted by molar-refractivity contribution is 7.59. The smallest absolute Gasteiger partial charge is 0.338 e. The van der Waals surface area contributed by atoms with Crippen molar-refractivity contribution in [3.8, 4) is 0 Å². The molecule has 8 aliphatic carbocycles. The first-order valence-electron chi connectivity index (χ1n) is 26.3. The molecular weight excluding hydrogens is 973 g/mol. The van der Waals surface area contributed by atoms with Crippen molar-refractivity contribution in [1.82, 2.24) is 0 Å². The molecule has 16 heteroatoms. The van der Waals surface area contributed by atoms with Crippen LogP contribution in [0.5, 0.6) is 0 Å². The van der Waals surface area contributed by atoms with Crippen LogP contribution in [0.4, 0.5) is 0 Å². The van der Waals surface area contributed by atoms with E-state index in [1.54, 1.807) is 55.8 Å². The number of fused-ring (bicyclic) bond motifs is 10. The average molecular weight is 1070 g/mol. The maximum Gasteiger partial charge on any atom is 0.338 e. The molecule has 0 aliphatic heterocycles. The van der Waals surface area contributed by atoms with Crippen molar-refractivity contribution in [2.75, 3.05) is 27.4 Å².